The van der Waals surface area contributed by atoms with Gasteiger partial charge in [-0.1, -0.05) is 79.3 Å². The Labute approximate surface area is 265 Å². The number of anilines is 1. The van der Waals surface area contributed by atoms with Gasteiger partial charge in [-0.15, -0.1) is 0 Å². The molecule has 9 heteroatoms. The molecule has 0 aliphatic carbocycles. The Morgan fingerprint density at radius 3 is 2.52 bits per heavy atom. The predicted molar refractivity (Wildman–Crippen MR) is 175 cm³/mol. The van der Waals surface area contributed by atoms with E-state index in [1.165, 1.54) is 5.19 Å². The number of nitrogens with zero attached hydrogens (tertiary/aromatic N) is 2. The number of likely N-dealkylation sites (tertiary alicyclic amines) is 1. The third kappa shape index (κ3) is 5.06. The monoisotopic (exact) mass is 632 g/mol. The number of methoxy groups -OCH3 is 1. The zero-order valence-corrected chi connectivity index (χ0v) is 27.6. The van der Waals surface area contributed by atoms with Crippen LogP contribution in [0.2, 0.25) is 23.7 Å². The number of carbonyl (C=O) groups excluding carboxylic acids is 2. The van der Waals surface area contributed by atoms with E-state index in [0.29, 0.717) is 18.1 Å². The molecule has 0 aromatic heterocycles. The van der Waals surface area contributed by atoms with E-state index in [4.69, 9.17) is 21.1 Å². The second-order valence-corrected chi connectivity index (χ2v) is 18.1. The van der Waals surface area contributed by atoms with E-state index in [2.05, 4.69) is 32.2 Å². The van der Waals surface area contributed by atoms with Crippen LogP contribution in [0.1, 0.15) is 37.3 Å². The summed E-state index contributed by atoms with van der Waals surface area (Å²) in [7, 11) is -0.742. The van der Waals surface area contributed by atoms with Crippen molar-refractivity contribution >= 4 is 42.4 Å². The lowest BCUT2D eigenvalue weighted by Gasteiger charge is -2.37. The van der Waals surface area contributed by atoms with Gasteiger partial charge in [0, 0.05) is 23.0 Å². The average molecular weight is 633 g/mol. The first-order valence-electron chi connectivity index (χ1n) is 15.5. The van der Waals surface area contributed by atoms with Gasteiger partial charge in [-0.2, -0.15) is 0 Å². The highest BCUT2D eigenvalue weighted by molar-refractivity contribution is 6.91. The molecule has 3 aliphatic rings. The van der Waals surface area contributed by atoms with Crippen LogP contribution in [0.15, 0.2) is 72.8 Å². The highest BCUT2D eigenvalue weighted by atomic mass is 35.5. The van der Waals surface area contributed by atoms with Crippen molar-refractivity contribution in [2.45, 2.75) is 69.1 Å². The molecular weight excluding hydrogens is 592 g/mol. The molecule has 3 aliphatic heterocycles. The van der Waals surface area contributed by atoms with Crippen LogP contribution in [0.3, 0.4) is 0 Å². The van der Waals surface area contributed by atoms with Crippen molar-refractivity contribution in [3.8, 4) is 5.75 Å². The number of amides is 2. The molecule has 0 unspecified atom stereocenters. The van der Waals surface area contributed by atoms with Crippen molar-refractivity contribution in [1.82, 2.24) is 4.90 Å². The summed E-state index contributed by atoms with van der Waals surface area (Å²) in [5.74, 6) is 0.410. The maximum absolute atomic E-state index is 14.8. The zero-order valence-electron chi connectivity index (χ0n) is 25.8. The largest absolute Gasteiger partial charge is 0.497 e. The van der Waals surface area contributed by atoms with Gasteiger partial charge in [-0.25, -0.2) is 0 Å². The van der Waals surface area contributed by atoms with Crippen LogP contribution in [-0.2, 0) is 26.5 Å². The van der Waals surface area contributed by atoms with Crippen LogP contribution in [0.25, 0.3) is 0 Å². The topological polar surface area (TPSA) is 79.3 Å². The molecule has 2 amide bonds. The predicted octanol–water partition coefficient (Wildman–Crippen LogP) is 5.48. The summed E-state index contributed by atoms with van der Waals surface area (Å²) in [6, 6.07) is 23.6. The summed E-state index contributed by atoms with van der Waals surface area (Å²) in [6.45, 7) is 7.72. The Morgan fingerprint density at radius 1 is 1.11 bits per heavy atom. The highest BCUT2D eigenvalue weighted by Gasteiger charge is 2.66. The molecule has 44 heavy (non-hydrogen) atoms. The fourth-order valence-electron chi connectivity index (χ4n) is 8.05. The fraction of sp³-hybridized carbons (Fsp3) is 0.429. The lowest BCUT2D eigenvalue weighted by molar-refractivity contribution is -0.150. The van der Waals surface area contributed by atoms with Crippen molar-refractivity contribution < 1.29 is 24.2 Å². The van der Waals surface area contributed by atoms with E-state index in [0.717, 1.165) is 35.4 Å². The molecule has 232 valence electrons. The Kier molecular flexibility index (Phi) is 8.39. The number of carbonyl (C=O) groups is 2. The second kappa shape index (κ2) is 12.0. The first-order chi connectivity index (χ1) is 21.1. The molecule has 1 N–H and O–H groups in total. The summed E-state index contributed by atoms with van der Waals surface area (Å²) in [6.07, 6.45) is 1.33. The van der Waals surface area contributed by atoms with Crippen molar-refractivity contribution in [1.29, 1.82) is 0 Å². The standard InChI is InChI=1S/C35H41ClN2O5Si/c1-23-33(44(3,4)28-15-13-27(42-2)14-16-28)31(20-32(40)37-18-8-11-26(37)22-39)43-35(23)29-19-25(36)12-17-30(29)38(34(35)41)21-24-9-6-5-7-10-24/h5-7,9-10,12-17,19,23,26,31,33,39H,8,11,18,20-22H2,1-4H3/t23-,26+,31+,33-,35+/m1/s1. The van der Waals surface area contributed by atoms with Crippen molar-refractivity contribution in [2.24, 2.45) is 5.92 Å². The quantitative estimate of drug-likeness (QED) is 0.333. The SMILES string of the molecule is COc1ccc([Si](C)(C)[C@H]2[C@H](CC(=O)N3CCC[C@H]3CO)O[C@@]3(C(=O)N(Cc4ccccc4)c4ccc(Cl)cc43)[C@@H]2C)cc1. The summed E-state index contributed by atoms with van der Waals surface area (Å²) < 4.78 is 12.5. The third-order valence-electron chi connectivity index (χ3n) is 10.3. The Bertz CT molecular complexity index is 1530. The number of fused-ring (bicyclic) bond motifs is 2. The van der Waals surface area contributed by atoms with Gasteiger partial charge in [0.15, 0.2) is 5.60 Å². The van der Waals surface area contributed by atoms with Crippen LogP contribution < -0.4 is 14.8 Å². The number of halogens is 1. The summed E-state index contributed by atoms with van der Waals surface area (Å²) in [5.41, 5.74) is 1.24. The number of hydrogen-bond acceptors (Lipinski definition) is 5. The van der Waals surface area contributed by atoms with Gasteiger partial charge >= 0.3 is 0 Å². The number of hydrogen-bond donors (Lipinski definition) is 1. The maximum Gasteiger partial charge on any atom is 0.264 e. The zero-order chi connectivity index (χ0) is 31.2. The van der Waals surface area contributed by atoms with Crippen LogP contribution in [0, 0.1) is 5.92 Å². The number of rotatable bonds is 8. The van der Waals surface area contributed by atoms with Crippen LogP contribution in [-0.4, -0.2) is 62.3 Å². The van der Waals surface area contributed by atoms with Crippen molar-refractivity contribution in [2.75, 3.05) is 25.2 Å². The van der Waals surface area contributed by atoms with Crippen LogP contribution in [0.5, 0.6) is 5.75 Å². The van der Waals surface area contributed by atoms with E-state index in [9.17, 15) is 14.7 Å². The Hall–Kier alpha value is -3.17. The van der Waals surface area contributed by atoms with Gasteiger partial charge in [0.25, 0.3) is 5.91 Å². The van der Waals surface area contributed by atoms with Gasteiger partial charge in [0.2, 0.25) is 5.91 Å². The molecule has 7 nitrogen and oxygen atoms in total. The molecule has 0 bridgehead atoms. The number of ether oxygens (including phenoxy) is 2. The average Bonchev–Trinajstić information content (AvgIpc) is 3.68. The minimum absolute atomic E-state index is 0.0294. The van der Waals surface area contributed by atoms with Gasteiger partial charge in [0.1, 0.15) is 5.75 Å². The van der Waals surface area contributed by atoms with E-state index >= 15 is 0 Å². The number of aliphatic hydroxyl groups excluding tert-OH is 1. The molecule has 0 saturated carbocycles. The molecule has 0 radical (unpaired) electrons. The van der Waals surface area contributed by atoms with E-state index in [1.54, 1.807) is 12.0 Å². The normalized spacial score (nSPS) is 26.5. The molecule has 6 rings (SSSR count). The van der Waals surface area contributed by atoms with Crippen LogP contribution >= 0.6 is 11.6 Å². The minimum Gasteiger partial charge on any atom is -0.497 e. The first-order valence-corrected chi connectivity index (χ1v) is 19.0. The van der Waals surface area contributed by atoms with Crippen LogP contribution in [0.4, 0.5) is 5.69 Å². The number of aliphatic hydroxyl groups is 1. The van der Waals surface area contributed by atoms with Gasteiger partial charge < -0.3 is 24.4 Å². The fourth-order valence-corrected chi connectivity index (χ4v) is 12.2. The number of benzene rings is 3. The molecule has 3 aromatic carbocycles. The van der Waals surface area contributed by atoms with Crippen molar-refractivity contribution in [3.05, 3.63) is 88.9 Å². The second-order valence-electron chi connectivity index (χ2n) is 13.0. The van der Waals surface area contributed by atoms with E-state index < -0.39 is 19.8 Å². The van der Waals surface area contributed by atoms with Gasteiger partial charge in [-0.3, -0.25) is 9.59 Å². The summed E-state index contributed by atoms with van der Waals surface area (Å²) >= 11 is 6.60. The molecule has 5 atom stereocenters. The molecule has 1 spiro atoms. The molecule has 2 saturated heterocycles. The van der Waals surface area contributed by atoms with E-state index in [-0.39, 0.29) is 42.3 Å². The lowest BCUT2D eigenvalue weighted by atomic mass is 9.82. The summed E-state index contributed by atoms with van der Waals surface area (Å²) in [5, 5.41) is 11.7. The summed E-state index contributed by atoms with van der Waals surface area (Å²) in [4.78, 5) is 32.3. The highest BCUT2D eigenvalue weighted by Crippen LogP contribution is 2.60. The molecular formula is C35H41ClN2O5Si. The third-order valence-corrected chi connectivity index (χ3v) is 14.9. The molecule has 3 aromatic rings. The minimum atomic E-state index is -2.40. The molecule has 3 heterocycles. The smallest absolute Gasteiger partial charge is 0.264 e. The van der Waals surface area contributed by atoms with E-state index in [1.807, 2.05) is 65.6 Å². The molecule has 2 fully saturated rings. The lowest BCUT2D eigenvalue weighted by Crippen LogP contribution is -2.52. The first kappa shape index (κ1) is 30.8. The Morgan fingerprint density at radius 2 is 1.84 bits per heavy atom. The van der Waals surface area contributed by atoms with Crippen molar-refractivity contribution in [3.63, 3.8) is 0 Å². The Balaban J connectivity index is 1.44. The van der Waals surface area contributed by atoms with Gasteiger partial charge in [0.05, 0.1) is 52.6 Å². The maximum atomic E-state index is 14.8. The van der Waals surface area contributed by atoms with Gasteiger partial charge in [-0.05, 0) is 54.3 Å².